The number of nitrogens with zero attached hydrogens (tertiary/aromatic N) is 1. The first-order valence-corrected chi connectivity index (χ1v) is 11.4. The van der Waals surface area contributed by atoms with Crippen molar-refractivity contribution in [3.63, 3.8) is 0 Å². The predicted molar refractivity (Wildman–Crippen MR) is 129 cm³/mol. The molecule has 3 amide bonds. The number of amides is 3. The third-order valence-corrected chi connectivity index (χ3v) is 6.03. The number of benzene rings is 2. The number of hydrogen-bond donors (Lipinski definition) is 2. The average molecular weight is 468 g/mol. The molecule has 0 unspecified atom stereocenters. The van der Waals surface area contributed by atoms with Crippen LogP contribution in [0, 0.1) is 6.92 Å². The highest BCUT2D eigenvalue weighted by atomic mass is 16.5. The fraction of sp³-hybridized carbons (Fsp3) is 0.423. The number of carbonyl (C=O) groups is 3. The van der Waals surface area contributed by atoms with E-state index in [1.807, 2.05) is 36.1 Å². The van der Waals surface area contributed by atoms with E-state index in [0.29, 0.717) is 43.0 Å². The Balaban J connectivity index is 1.61. The molecule has 2 N–H and O–H groups in total. The van der Waals surface area contributed by atoms with Gasteiger partial charge >= 0.3 is 0 Å². The Morgan fingerprint density at radius 2 is 1.71 bits per heavy atom. The van der Waals surface area contributed by atoms with E-state index >= 15 is 0 Å². The minimum atomic E-state index is -0.759. The van der Waals surface area contributed by atoms with E-state index in [4.69, 9.17) is 9.47 Å². The number of carbonyl (C=O) groups excluding carboxylic acids is 3. The van der Waals surface area contributed by atoms with Gasteiger partial charge in [-0.25, -0.2) is 0 Å². The van der Waals surface area contributed by atoms with Gasteiger partial charge in [-0.3, -0.25) is 14.4 Å². The van der Waals surface area contributed by atoms with Crippen LogP contribution in [0.15, 0.2) is 42.5 Å². The van der Waals surface area contributed by atoms with Crippen molar-refractivity contribution in [3.05, 3.63) is 59.2 Å². The van der Waals surface area contributed by atoms with Crippen LogP contribution in [0.5, 0.6) is 11.5 Å². The lowest BCUT2D eigenvalue weighted by Crippen LogP contribution is -2.53. The molecule has 0 radical (unpaired) electrons. The number of piperidine rings is 1. The maximum absolute atomic E-state index is 13.1. The number of ether oxygens (including phenoxy) is 2. The molecule has 0 saturated carbocycles. The first kappa shape index (κ1) is 25.1. The van der Waals surface area contributed by atoms with E-state index < -0.39 is 6.04 Å². The highest BCUT2D eigenvalue weighted by Crippen LogP contribution is 2.25. The zero-order chi connectivity index (χ0) is 24.7. The van der Waals surface area contributed by atoms with Gasteiger partial charge in [0.15, 0.2) is 0 Å². The van der Waals surface area contributed by atoms with Crippen molar-refractivity contribution in [3.8, 4) is 11.5 Å². The highest BCUT2D eigenvalue weighted by Gasteiger charge is 2.28. The lowest BCUT2D eigenvalue weighted by Gasteiger charge is -2.33. The van der Waals surface area contributed by atoms with Gasteiger partial charge in [0.2, 0.25) is 11.8 Å². The van der Waals surface area contributed by atoms with Crippen molar-refractivity contribution in [2.45, 2.75) is 45.2 Å². The molecule has 1 saturated heterocycles. The fourth-order valence-electron chi connectivity index (χ4n) is 4.12. The molecule has 1 heterocycles. The second-order valence-electron chi connectivity index (χ2n) is 8.58. The lowest BCUT2D eigenvalue weighted by atomic mass is 10.0. The molecule has 3 rings (SSSR count). The Morgan fingerprint density at radius 3 is 2.29 bits per heavy atom. The molecule has 2 aromatic rings. The topological polar surface area (TPSA) is 97.0 Å². The van der Waals surface area contributed by atoms with Gasteiger partial charge in [0.05, 0.1) is 14.2 Å². The van der Waals surface area contributed by atoms with Gasteiger partial charge in [-0.05, 0) is 50.1 Å². The Labute approximate surface area is 200 Å². The summed E-state index contributed by atoms with van der Waals surface area (Å²) in [5.74, 6) is 0.713. The summed E-state index contributed by atoms with van der Waals surface area (Å²) < 4.78 is 10.7. The van der Waals surface area contributed by atoms with Crippen LogP contribution >= 0.6 is 0 Å². The molecule has 0 aliphatic carbocycles. The Kier molecular flexibility index (Phi) is 8.51. The van der Waals surface area contributed by atoms with Gasteiger partial charge in [-0.1, -0.05) is 17.7 Å². The molecule has 8 nitrogen and oxygen atoms in total. The SMILES string of the molecule is COc1ccc(OC)c(C[C@H](NC(C)=O)C(=O)NC2CCN(C(=O)c3ccc(C)cc3)CC2)c1. The first-order chi connectivity index (χ1) is 16.3. The third kappa shape index (κ3) is 6.50. The van der Waals surface area contributed by atoms with Crippen LogP contribution in [0.2, 0.25) is 0 Å². The molecular weight excluding hydrogens is 434 g/mol. The molecule has 182 valence electrons. The summed E-state index contributed by atoms with van der Waals surface area (Å²) in [6.45, 7) is 4.50. The van der Waals surface area contributed by atoms with Crippen molar-refractivity contribution in [1.82, 2.24) is 15.5 Å². The number of hydrogen-bond acceptors (Lipinski definition) is 5. The molecule has 1 aliphatic heterocycles. The summed E-state index contributed by atoms with van der Waals surface area (Å²) in [7, 11) is 3.13. The number of methoxy groups -OCH3 is 2. The molecular formula is C26H33N3O5. The lowest BCUT2D eigenvalue weighted by molar-refractivity contribution is -0.128. The van der Waals surface area contributed by atoms with Crippen LogP contribution in [-0.2, 0) is 16.0 Å². The van der Waals surface area contributed by atoms with Crippen LogP contribution < -0.4 is 20.1 Å². The Morgan fingerprint density at radius 1 is 1.03 bits per heavy atom. The van der Waals surface area contributed by atoms with E-state index in [1.54, 1.807) is 32.4 Å². The average Bonchev–Trinajstić information content (AvgIpc) is 2.83. The summed E-state index contributed by atoms with van der Waals surface area (Å²) in [6.07, 6.45) is 1.56. The molecule has 1 fully saturated rings. The molecule has 2 aromatic carbocycles. The number of likely N-dealkylation sites (tertiary alicyclic amines) is 1. The Hall–Kier alpha value is -3.55. The maximum atomic E-state index is 13.1. The second-order valence-corrected chi connectivity index (χ2v) is 8.58. The van der Waals surface area contributed by atoms with E-state index in [9.17, 15) is 14.4 Å². The van der Waals surface area contributed by atoms with Crippen molar-refractivity contribution >= 4 is 17.7 Å². The predicted octanol–water partition coefficient (Wildman–Crippen LogP) is 2.48. The minimum absolute atomic E-state index is 0.00557. The zero-order valence-electron chi connectivity index (χ0n) is 20.2. The largest absolute Gasteiger partial charge is 0.497 e. The molecule has 34 heavy (non-hydrogen) atoms. The smallest absolute Gasteiger partial charge is 0.253 e. The van der Waals surface area contributed by atoms with Gasteiger partial charge in [-0.15, -0.1) is 0 Å². The van der Waals surface area contributed by atoms with Gasteiger partial charge < -0.3 is 25.0 Å². The normalized spacial score (nSPS) is 14.8. The van der Waals surface area contributed by atoms with Crippen LogP contribution in [-0.4, -0.2) is 62.0 Å². The van der Waals surface area contributed by atoms with Gasteiger partial charge in [0.25, 0.3) is 5.91 Å². The summed E-state index contributed by atoms with van der Waals surface area (Å²) >= 11 is 0. The number of aryl methyl sites for hydroxylation is 1. The van der Waals surface area contributed by atoms with E-state index in [2.05, 4.69) is 10.6 Å². The number of rotatable bonds is 8. The minimum Gasteiger partial charge on any atom is -0.497 e. The molecule has 8 heteroatoms. The van der Waals surface area contributed by atoms with Gasteiger partial charge in [0.1, 0.15) is 17.5 Å². The fourth-order valence-corrected chi connectivity index (χ4v) is 4.12. The monoisotopic (exact) mass is 467 g/mol. The summed E-state index contributed by atoms with van der Waals surface area (Å²) in [6, 6.07) is 12.1. The van der Waals surface area contributed by atoms with Crippen molar-refractivity contribution < 1.29 is 23.9 Å². The van der Waals surface area contributed by atoms with Crippen LogP contribution in [0.25, 0.3) is 0 Å². The van der Waals surface area contributed by atoms with Crippen molar-refractivity contribution in [1.29, 1.82) is 0 Å². The van der Waals surface area contributed by atoms with Crippen LogP contribution in [0.3, 0.4) is 0 Å². The molecule has 1 aliphatic rings. The van der Waals surface area contributed by atoms with E-state index in [-0.39, 0.29) is 30.2 Å². The second kappa shape index (κ2) is 11.5. The summed E-state index contributed by atoms with van der Waals surface area (Å²) in [4.78, 5) is 39.5. The molecule has 0 bridgehead atoms. The Bertz CT molecular complexity index is 1010. The molecule has 0 aromatic heterocycles. The highest BCUT2D eigenvalue weighted by molar-refractivity contribution is 5.94. The summed E-state index contributed by atoms with van der Waals surface area (Å²) in [5, 5.41) is 5.80. The van der Waals surface area contributed by atoms with Crippen molar-refractivity contribution in [2.75, 3.05) is 27.3 Å². The van der Waals surface area contributed by atoms with Crippen LogP contribution in [0.4, 0.5) is 0 Å². The van der Waals surface area contributed by atoms with Crippen LogP contribution in [0.1, 0.15) is 41.3 Å². The van der Waals surface area contributed by atoms with Gasteiger partial charge in [0, 0.05) is 43.6 Å². The quantitative estimate of drug-likeness (QED) is 0.622. The van der Waals surface area contributed by atoms with Gasteiger partial charge in [-0.2, -0.15) is 0 Å². The first-order valence-electron chi connectivity index (χ1n) is 11.4. The maximum Gasteiger partial charge on any atom is 0.253 e. The molecule has 0 spiro atoms. The molecule has 1 atom stereocenters. The number of nitrogens with one attached hydrogen (secondary N) is 2. The summed E-state index contributed by atoms with van der Waals surface area (Å²) in [5.41, 5.74) is 2.54. The third-order valence-electron chi connectivity index (χ3n) is 6.03. The van der Waals surface area contributed by atoms with Crippen molar-refractivity contribution in [2.24, 2.45) is 0 Å². The van der Waals surface area contributed by atoms with E-state index in [0.717, 1.165) is 11.1 Å². The zero-order valence-corrected chi connectivity index (χ0v) is 20.2. The standard InChI is InChI=1S/C26H33N3O5/c1-17-5-7-19(8-6-17)26(32)29-13-11-21(12-14-29)28-25(31)23(27-18(2)30)16-20-15-22(33-3)9-10-24(20)34-4/h5-10,15,21,23H,11-14,16H2,1-4H3,(H,27,30)(H,28,31)/t23-/m0/s1. The van der Waals surface area contributed by atoms with E-state index in [1.165, 1.54) is 6.92 Å².